The summed E-state index contributed by atoms with van der Waals surface area (Å²) in [6.07, 6.45) is 9.64. The summed E-state index contributed by atoms with van der Waals surface area (Å²) in [7, 11) is -4.35. The third-order valence-electron chi connectivity index (χ3n) is 12.4. The number of aromatic amines is 1. The van der Waals surface area contributed by atoms with Gasteiger partial charge in [-0.05, 0) is 129 Å². The number of hydrogen-bond donors (Lipinski definition) is 3. The number of carbonyl (C=O) groups is 1. The largest absolute Gasteiger partial charge is 0.492 e. The molecular weight excluding hydrogens is 834 g/mol. The van der Waals surface area contributed by atoms with Gasteiger partial charge in [0.2, 0.25) is 0 Å². The van der Waals surface area contributed by atoms with Gasteiger partial charge in [-0.2, -0.15) is 0 Å². The second-order valence-electron chi connectivity index (χ2n) is 17.8. The van der Waals surface area contributed by atoms with Crippen LogP contribution in [0, 0.1) is 11.3 Å². The van der Waals surface area contributed by atoms with Crippen molar-refractivity contribution in [1.82, 2.24) is 19.6 Å². The Bertz CT molecular complexity index is 2540. The quantitative estimate of drug-likeness (QED) is 0.112. The number of sulfonamides is 1. The lowest BCUT2D eigenvalue weighted by molar-refractivity contribution is 0.00153. The Kier molecular flexibility index (Phi) is 12.5. The molecule has 3 N–H and O–H groups in total. The lowest BCUT2D eigenvalue weighted by atomic mass is 9.72. The molecule has 0 spiro atoms. The number of anilines is 1. The summed E-state index contributed by atoms with van der Waals surface area (Å²) in [5, 5.41) is 11.9. The number of nitrogens with one attached hydrogen (secondary N) is 2. The first-order valence-corrected chi connectivity index (χ1v) is 23.2. The Hall–Kier alpha value is -4.59. The highest BCUT2D eigenvalue weighted by Crippen LogP contribution is 2.44. The van der Waals surface area contributed by atoms with Gasteiger partial charge in [0.05, 0.1) is 33.9 Å². The van der Waals surface area contributed by atoms with Crippen LogP contribution in [0.15, 0.2) is 95.7 Å². The molecule has 1 amide bonds. The van der Waals surface area contributed by atoms with Crippen LogP contribution in [0.2, 0.25) is 10.0 Å². The van der Waals surface area contributed by atoms with E-state index in [2.05, 4.69) is 50.5 Å². The van der Waals surface area contributed by atoms with Crippen molar-refractivity contribution < 1.29 is 27.8 Å². The van der Waals surface area contributed by atoms with Gasteiger partial charge < -0.3 is 24.5 Å². The fraction of sp³-hybridized carbons (Fsp3) is 0.404. The minimum atomic E-state index is -4.35. The molecule has 11 nitrogen and oxygen atoms in total. The summed E-state index contributed by atoms with van der Waals surface area (Å²) in [6.45, 7) is 11.1. The Morgan fingerprint density at radius 2 is 1.69 bits per heavy atom. The number of H-pyrrole nitrogens is 1. The van der Waals surface area contributed by atoms with Crippen LogP contribution in [0.5, 0.6) is 17.2 Å². The summed E-state index contributed by atoms with van der Waals surface area (Å²) < 4.78 is 41.8. The van der Waals surface area contributed by atoms with Gasteiger partial charge >= 0.3 is 0 Å². The van der Waals surface area contributed by atoms with Crippen LogP contribution < -0.4 is 19.1 Å². The van der Waals surface area contributed by atoms with E-state index in [9.17, 15) is 18.3 Å². The average Bonchev–Trinajstić information content (AvgIpc) is 3.70. The van der Waals surface area contributed by atoms with Crippen LogP contribution in [-0.2, 0) is 10.0 Å². The zero-order valence-electron chi connectivity index (χ0n) is 34.8. The molecule has 0 atom stereocenters. The SMILES string of the molecule is CC1(C)CCC(CN2CCN(c3ccc(C(=O)NS(=O)(=O)c4ccc(OC[C@H]5CC[C@@](C)(O)CC5)c(Cl)c4)c(Oc4cnc5[nH]ccc5c4)c3)CC2)=C(c2ccc(Cl)cc2)C1. The van der Waals surface area contributed by atoms with E-state index in [1.54, 1.807) is 24.5 Å². The first-order valence-electron chi connectivity index (χ1n) is 21.0. The first kappa shape index (κ1) is 43.1. The average molecular weight is 887 g/mol. The van der Waals surface area contributed by atoms with E-state index < -0.39 is 21.5 Å². The molecule has 1 saturated carbocycles. The lowest BCUT2D eigenvalue weighted by Crippen LogP contribution is -2.47. The van der Waals surface area contributed by atoms with E-state index in [-0.39, 0.29) is 32.6 Å². The second kappa shape index (κ2) is 17.6. The van der Waals surface area contributed by atoms with Crippen molar-refractivity contribution in [3.05, 3.63) is 112 Å². The van der Waals surface area contributed by atoms with Gasteiger partial charge in [0.25, 0.3) is 15.9 Å². The van der Waals surface area contributed by atoms with E-state index in [0.29, 0.717) is 36.6 Å². The fourth-order valence-electron chi connectivity index (χ4n) is 8.66. The number of aliphatic hydroxyl groups is 1. The van der Waals surface area contributed by atoms with Gasteiger partial charge in [0.1, 0.15) is 22.9 Å². The van der Waals surface area contributed by atoms with Crippen molar-refractivity contribution in [2.24, 2.45) is 11.3 Å². The number of fused-ring (bicyclic) bond motifs is 1. The minimum Gasteiger partial charge on any atom is -0.492 e. The number of pyridine rings is 1. The number of hydrogen-bond acceptors (Lipinski definition) is 9. The summed E-state index contributed by atoms with van der Waals surface area (Å²) in [5.74, 6) is 0.346. The summed E-state index contributed by atoms with van der Waals surface area (Å²) >= 11 is 12.8. The molecule has 2 fully saturated rings. The van der Waals surface area contributed by atoms with Gasteiger partial charge in [-0.25, -0.2) is 18.1 Å². The van der Waals surface area contributed by atoms with E-state index in [1.807, 2.05) is 37.3 Å². The number of benzene rings is 3. The van der Waals surface area contributed by atoms with E-state index >= 15 is 0 Å². The van der Waals surface area contributed by atoms with Crippen molar-refractivity contribution in [1.29, 1.82) is 0 Å². The number of rotatable bonds is 12. The van der Waals surface area contributed by atoms with Gasteiger partial charge in [0.15, 0.2) is 0 Å². The van der Waals surface area contributed by atoms with Crippen LogP contribution in [0.4, 0.5) is 5.69 Å². The number of piperazine rings is 1. The maximum Gasteiger partial charge on any atom is 0.268 e. The van der Waals surface area contributed by atoms with Gasteiger partial charge in [-0.15, -0.1) is 0 Å². The van der Waals surface area contributed by atoms with Crippen molar-refractivity contribution >= 4 is 61.4 Å². The number of halogens is 2. The Labute approximate surface area is 368 Å². The standard InChI is InChI=1S/C47H53Cl2N5O6S/c1-46(2)16-14-34(40(27-46)32-4-6-35(48)7-5-32)29-53-20-22-54(23-21-53)36-8-10-39(43(25-36)60-37-24-33-15-19-50-44(33)51-28-37)45(55)52-61(57,58)38-9-11-42(41(49)26-38)59-30-31-12-17-47(3,56)18-13-31/h4-11,15,19,24-26,28,31,56H,12-14,16-18,20-23,27,29-30H2,1-3H3,(H,50,51)(H,52,55)/t31-,47+. The number of nitrogens with zero attached hydrogens (tertiary/aromatic N) is 3. The van der Waals surface area contributed by atoms with Crippen LogP contribution in [0.1, 0.15) is 81.6 Å². The Morgan fingerprint density at radius 1 is 0.934 bits per heavy atom. The van der Waals surface area contributed by atoms with Crippen LogP contribution in [-0.4, -0.2) is 79.2 Å². The normalized spacial score (nSPS) is 21.1. The Morgan fingerprint density at radius 3 is 2.43 bits per heavy atom. The summed E-state index contributed by atoms with van der Waals surface area (Å²) in [6, 6.07) is 21.3. The smallest absolute Gasteiger partial charge is 0.268 e. The van der Waals surface area contributed by atoms with Crippen molar-refractivity contribution in [2.45, 2.75) is 76.2 Å². The third kappa shape index (κ3) is 10.4. The Balaban J connectivity index is 0.974. The highest BCUT2D eigenvalue weighted by molar-refractivity contribution is 7.90. The molecule has 322 valence electrons. The molecule has 1 saturated heterocycles. The van der Waals surface area contributed by atoms with E-state index in [0.717, 1.165) is 80.9 Å². The van der Waals surface area contributed by atoms with Gasteiger partial charge in [-0.3, -0.25) is 9.69 Å². The minimum absolute atomic E-state index is 0.0412. The summed E-state index contributed by atoms with van der Waals surface area (Å²) in [4.78, 5) is 26.0. The molecule has 14 heteroatoms. The first-order chi connectivity index (χ1) is 29.1. The highest BCUT2D eigenvalue weighted by atomic mass is 35.5. The fourth-order valence-corrected chi connectivity index (χ4v) is 10.1. The third-order valence-corrected chi connectivity index (χ3v) is 14.3. The van der Waals surface area contributed by atoms with E-state index in [4.69, 9.17) is 32.7 Å². The number of allylic oxidation sites excluding steroid dienone is 1. The lowest BCUT2D eigenvalue weighted by Gasteiger charge is -2.39. The molecule has 2 aliphatic carbocycles. The molecule has 5 aromatic rings. The zero-order chi connectivity index (χ0) is 42.9. The van der Waals surface area contributed by atoms with Crippen molar-refractivity contribution in [3.63, 3.8) is 0 Å². The maximum atomic E-state index is 13.9. The maximum absolute atomic E-state index is 13.9. The highest BCUT2D eigenvalue weighted by Gasteiger charge is 2.31. The zero-order valence-corrected chi connectivity index (χ0v) is 37.2. The van der Waals surface area contributed by atoms with Crippen LogP contribution in [0.3, 0.4) is 0 Å². The predicted molar refractivity (Wildman–Crippen MR) is 241 cm³/mol. The molecule has 61 heavy (non-hydrogen) atoms. The molecule has 3 aromatic carbocycles. The molecule has 8 rings (SSSR count). The summed E-state index contributed by atoms with van der Waals surface area (Å²) in [5.41, 5.74) is 5.33. The number of aromatic nitrogens is 2. The molecule has 2 aromatic heterocycles. The molecule has 3 aliphatic rings. The molecule has 0 bridgehead atoms. The number of amides is 1. The topological polar surface area (TPSA) is 137 Å². The molecule has 3 heterocycles. The van der Waals surface area contributed by atoms with Crippen LogP contribution >= 0.6 is 23.2 Å². The van der Waals surface area contributed by atoms with Crippen molar-refractivity contribution in [3.8, 4) is 17.2 Å². The number of carbonyl (C=O) groups excluding carboxylic acids is 1. The van der Waals surface area contributed by atoms with Gasteiger partial charge in [0, 0.05) is 61.1 Å². The van der Waals surface area contributed by atoms with Gasteiger partial charge in [-0.1, -0.05) is 54.8 Å². The van der Waals surface area contributed by atoms with Crippen LogP contribution in [0.25, 0.3) is 16.6 Å². The molecule has 1 aliphatic heterocycles. The molecule has 0 radical (unpaired) electrons. The van der Waals surface area contributed by atoms with E-state index in [1.165, 1.54) is 34.9 Å². The van der Waals surface area contributed by atoms with Crippen molar-refractivity contribution in [2.75, 3.05) is 44.2 Å². The predicted octanol–water partition coefficient (Wildman–Crippen LogP) is 9.89. The molecule has 0 unspecified atom stereocenters. The molecular formula is C47H53Cl2N5O6S. The second-order valence-corrected chi connectivity index (χ2v) is 20.4. The number of ether oxygens (including phenoxy) is 2. The monoisotopic (exact) mass is 885 g/mol.